The van der Waals surface area contributed by atoms with E-state index in [9.17, 15) is 9.59 Å². The predicted molar refractivity (Wildman–Crippen MR) is 47.5 cm³/mol. The van der Waals surface area contributed by atoms with E-state index in [0.29, 0.717) is 18.8 Å². The van der Waals surface area contributed by atoms with Gasteiger partial charge in [-0.15, -0.1) is 0 Å². The van der Waals surface area contributed by atoms with Crippen LogP contribution in [0.1, 0.15) is 6.92 Å². The van der Waals surface area contributed by atoms with Gasteiger partial charge < -0.3 is 9.47 Å². The van der Waals surface area contributed by atoms with Gasteiger partial charge in [0.25, 0.3) is 0 Å². The molecule has 1 aliphatic heterocycles. The summed E-state index contributed by atoms with van der Waals surface area (Å²) in [4.78, 5) is 22.0. The van der Waals surface area contributed by atoms with Crippen LogP contribution in [0.25, 0.3) is 0 Å². The second kappa shape index (κ2) is 3.15. The number of rotatable bonds is 1. The van der Waals surface area contributed by atoms with Crippen molar-refractivity contribution in [1.29, 1.82) is 0 Å². The van der Waals surface area contributed by atoms with E-state index < -0.39 is 17.4 Å². The fraction of sp³-hybridized carbons (Fsp3) is 0.400. The minimum Gasteiger partial charge on any atom is -0.344 e. The van der Waals surface area contributed by atoms with Crippen molar-refractivity contribution in [1.82, 2.24) is 0 Å². The molecule has 2 aliphatic rings. The molecule has 0 amide bonds. The van der Waals surface area contributed by atoms with Crippen LogP contribution in [0.2, 0.25) is 0 Å². The van der Waals surface area contributed by atoms with Crippen LogP contribution < -0.4 is 0 Å². The van der Waals surface area contributed by atoms with Crippen molar-refractivity contribution in [2.24, 2.45) is 0 Å². The van der Waals surface area contributed by atoms with Crippen molar-refractivity contribution in [3.8, 4) is 0 Å². The Morgan fingerprint density at radius 3 is 2.36 bits per heavy atom. The van der Waals surface area contributed by atoms with Crippen LogP contribution >= 0.6 is 0 Å². The van der Waals surface area contributed by atoms with Gasteiger partial charge in [-0.05, 0) is 25.2 Å². The van der Waals surface area contributed by atoms with Gasteiger partial charge in [-0.2, -0.15) is 0 Å². The summed E-state index contributed by atoms with van der Waals surface area (Å²) < 4.78 is 10.7. The average Bonchev–Trinajstić information content (AvgIpc) is 2.58. The van der Waals surface area contributed by atoms with E-state index >= 15 is 0 Å². The summed E-state index contributed by atoms with van der Waals surface area (Å²) in [6.45, 7) is 2.74. The summed E-state index contributed by atoms with van der Waals surface area (Å²) in [7, 11) is 0. The third-order valence-corrected chi connectivity index (χ3v) is 2.31. The second-order valence-electron chi connectivity index (χ2n) is 3.30. The van der Waals surface area contributed by atoms with Gasteiger partial charge in [0.1, 0.15) is 0 Å². The molecule has 74 valence electrons. The molecule has 1 heterocycles. The standard InChI is InChI=1S/C10H10O4/c1-10(13-4-5-14-10)7-2-3-8(11)9(12)6-7/h2-3,6H,4-5H2,1H3. The molecule has 0 N–H and O–H groups in total. The second-order valence-corrected chi connectivity index (χ2v) is 3.30. The molecule has 0 aromatic rings. The lowest BCUT2D eigenvalue weighted by atomic mass is 9.99. The Morgan fingerprint density at radius 1 is 1.14 bits per heavy atom. The number of hydrogen-bond acceptors (Lipinski definition) is 4. The summed E-state index contributed by atoms with van der Waals surface area (Å²) in [5.74, 6) is -1.90. The topological polar surface area (TPSA) is 52.6 Å². The molecule has 14 heavy (non-hydrogen) atoms. The quantitative estimate of drug-likeness (QED) is 0.447. The monoisotopic (exact) mass is 194 g/mol. The molecule has 1 aliphatic carbocycles. The summed E-state index contributed by atoms with van der Waals surface area (Å²) in [5, 5.41) is 0. The zero-order valence-electron chi connectivity index (χ0n) is 7.78. The Morgan fingerprint density at radius 2 is 1.79 bits per heavy atom. The maximum Gasteiger partial charge on any atom is 0.226 e. The lowest BCUT2D eigenvalue weighted by Gasteiger charge is -2.24. The van der Waals surface area contributed by atoms with Crippen molar-refractivity contribution in [3.63, 3.8) is 0 Å². The molecule has 0 saturated carbocycles. The first-order chi connectivity index (χ1) is 6.62. The highest BCUT2D eigenvalue weighted by Crippen LogP contribution is 2.29. The van der Waals surface area contributed by atoms with Crippen LogP contribution in [0, 0.1) is 0 Å². The van der Waals surface area contributed by atoms with Crippen LogP contribution in [0.3, 0.4) is 0 Å². The molecular weight excluding hydrogens is 184 g/mol. The molecule has 0 bridgehead atoms. The van der Waals surface area contributed by atoms with E-state index in [-0.39, 0.29) is 0 Å². The Balaban J connectivity index is 2.28. The molecule has 1 saturated heterocycles. The first-order valence-corrected chi connectivity index (χ1v) is 4.38. The Kier molecular flexibility index (Phi) is 2.09. The number of allylic oxidation sites excluding steroid dienone is 2. The maximum atomic E-state index is 11.1. The van der Waals surface area contributed by atoms with E-state index in [4.69, 9.17) is 9.47 Å². The first kappa shape index (κ1) is 9.30. The molecule has 1 fully saturated rings. The van der Waals surface area contributed by atoms with E-state index in [1.54, 1.807) is 13.0 Å². The molecule has 0 radical (unpaired) electrons. The number of ether oxygens (including phenoxy) is 2. The highest BCUT2D eigenvalue weighted by Gasteiger charge is 2.36. The van der Waals surface area contributed by atoms with Gasteiger partial charge in [0.15, 0.2) is 5.79 Å². The first-order valence-electron chi connectivity index (χ1n) is 4.38. The zero-order chi connectivity index (χ0) is 10.2. The van der Waals surface area contributed by atoms with Crippen molar-refractivity contribution in [3.05, 3.63) is 23.8 Å². The lowest BCUT2D eigenvalue weighted by molar-refractivity contribution is -0.132. The van der Waals surface area contributed by atoms with Crippen LogP contribution in [0.5, 0.6) is 0 Å². The third kappa shape index (κ3) is 1.42. The maximum absolute atomic E-state index is 11.1. The molecule has 0 atom stereocenters. The average molecular weight is 194 g/mol. The van der Waals surface area contributed by atoms with Crippen LogP contribution in [-0.2, 0) is 19.1 Å². The summed E-state index contributed by atoms with van der Waals surface area (Å²) >= 11 is 0. The highest BCUT2D eigenvalue weighted by atomic mass is 16.7. The van der Waals surface area contributed by atoms with Crippen LogP contribution in [0.4, 0.5) is 0 Å². The van der Waals surface area contributed by atoms with Crippen molar-refractivity contribution in [2.45, 2.75) is 12.7 Å². The molecule has 0 aromatic heterocycles. The van der Waals surface area contributed by atoms with Gasteiger partial charge in [-0.3, -0.25) is 9.59 Å². The third-order valence-electron chi connectivity index (χ3n) is 2.31. The van der Waals surface area contributed by atoms with Crippen LogP contribution in [-0.4, -0.2) is 30.6 Å². The van der Waals surface area contributed by atoms with Gasteiger partial charge in [-0.1, -0.05) is 0 Å². The zero-order valence-corrected chi connectivity index (χ0v) is 7.78. The van der Waals surface area contributed by atoms with Gasteiger partial charge in [0.05, 0.1) is 13.2 Å². The van der Waals surface area contributed by atoms with E-state index in [1.807, 2.05) is 0 Å². The molecule has 4 heteroatoms. The SMILES string of the molecule is CC1(C2=CC(=O)C(=O)C=C2)OCCO1. The Hall–Kier alpha value is -1.26. The van der Waals surface area contributed by atoms with Gasteiger partial charge >= 0.3 is 0 Å². The van der Waals surface area contributed by atoms with Crippen molar-refractivity contribution in [2.75, 3.05) is 13.2 Å². The largest absolute Gasteiger partial charge is 0.344 e. The molecule has 0 spiro atoms. The lowest BCUT2D eigenvalue weighted by Crippen LogP contribution is -2.30. The molecule has 4 nitrogen and oxygen atoms in total. The normalized spacial score (nSPS) is 25.4. The van der Waals surface area contributed by atoms with Crippen molar-refractivity contribution < 1.29 is 19.1 Å². The summed E-state index contributed by atoms with van der Waals surface area (Å²) in [6.07, 6.45) is 4.08. The smallest absolute Gasteiger partial charge is 0.226 e. The number of carbonyl (C=O) groups excluding carboxylic acids is 2. The van der Waals surface area contributed by atoms with Gasteiger partial charge in [0, 0.05) is 5.57 Å². The van der Waals surface area contributed by atoms with Crippen LogP contribution in [0.15, 0.2) is 23.8 Å². The molecular formula is C10H10O4. The van der Waals surface area contributed by atoms with Crippen molar-refractivity contribution >= 4 is 11.6 Å². The fourth-order valence-electron chi connectivity index (χ4n) is 1.47. The number of hydrogen-bond donors (Lipinski definition) is 0. The van der Waals surface area contributed by atoms with E-state index in [2.05, 4.69) is 0 Å². The Bertz CT molecular complexity index is 345. The minimum absolute atomic E-state index is 0.504. The molecule has 0 aromatic carbocycles. The Labute approximate surface area is 81.2 Å². The number of ketones is 2. The van der Waals surface area contributed by atoms with E-state index in [1.165, 1.54) is 12.2 Å². The summed E-state index contributed by atoms with van der Waals surface area (Å²) in [5.41, 5.74) is 0.597. The van der Waals surface area contributed by atoms with Gasteiger partial charge in [0.2, 0.25) is 11.6 Å². The fourth-order valence-corrected chi connectivity index (χ4v) is 1.47. The van der Waals surface area contributed by atoms with E-state index in [0.717, 1.165) is 0 Å². The minimum atomic E-state index is -0.868. The highest BCUT2D eigenvalue weighted by molar-refractivity contribution is 6.46. The predicted octanol–water partition coefficient (Wildman–Crippen LogP) is 0.384. The molecule has 0 unspecified atom stereocenters. The molecule has 2 rings (SSSR count). The number of carbonyl (C=O) groups is 2. The van der Waals surface area contributed by atoms with Gasteiger partial charge in [-0.25, -0.2) is 0 Å². The summed E-state index contributed by atoms with van der Waals surface area (Å²) in [6, 6.07) is 0.